The van der Waals surface area contributed by atoms with E-state index in [1.54, 1.807) is 0 Å². The lowest BCUT2D eigenvalue weighted by molar-refractivity contribution is 0.162. The zero-order valence-corrected chi connectivity index (χ0v) is 10.4. The fourth-order valence-corrected chi connectivity index (χ4v) is 2.38. The second kappa shape index (κ2) is 5.92. The van der Waals surface area contributed by atoms with E-state index in [0.717, 1.165) is 24.5 Å². The molecule has 3 heteroatoms. The molecule has 1 aromatic carbocycles. The summed E-state index contributed by atoms with van der Waals surface area (Å²) in [6.45, 7) is 3.40. The molecule has 0 spiro atoms. The van der Waals surface area contributed by atoms with Gasteiger partial charge in [0.2, 0.25) is 0 Å². The zero-order valence-electron chi connectivity index (χ0n) is 10.4. The highest BCUT2D eigenvalue weighted by molar-refractivity contribution is 5.31. The maximum Gasteiger partial charge on any atom is 0.120 e. The lowest BCUT2D eigenvalue weighted by Crippen LogP contribution is -2.27. The van der Waals surface area contributed by atoms with Crippen molar-refractivity contribution in [3.8, 4) is 11.5 Å². The number of hydrogen-bond donors (Lipinski definition) is 1. The van der Waals surface area contributed by atoms with Crippen LogP contribution in [0.25, 0.3) is 0 Å². The summed E-state index contributed by atoms with van der Waals surface area (Å²) in [4.78, 5) is 0. The molecule has 2 N–H and O–H groups in total. The van der Waals surface area contributed by atoms with Gasteiger partial charge in [-0.25, -0.2) is 0 Å². The summed E-state index contributed by atoms with van der Waals surface area (Å²) in [7, 11) is 0. The topological polar surface area (TPSA) is 44.5 Å². The highest BCUT2D eigenvalue weighted by atomic mass is 16.5. The first-order valence-electron chi connectivity index (χ1n) is 6.43. The van der Waals surface area contributed by atoms with Crippen LogP contribution in [0.5, 0.6) is 11.5 Å². The van der Waals surface area contributed by atoms with Gasteiger partial charge in [0, 0.05) is 5.92 Å². The highest BCUT2D eigenvalue weighted by Crippen LogP contribution is 2.29. The molecule has 2 rings (SSSR count). The molecule has 1 aromatic rings. The van der Waals surface area contributed by atoms with Gasteiger partial charge in [-0.3, -0.25) is 0 Å². The number of benzene rings is 1. The molecule has 0 saturated heterocycles. The van der Waals surface area contributed by atoms with Crippen LogP contribution in [0.3, 0.4) is 0 Å². The van der Waals surface area contributed by atoms with Gasteiger partial charge in [0.25, 0.3) is 0 Å². The summed E-state index contributed by atoms with van der Waals surface area (Å²) < 4.78 is 11.4. The van der Waals surface area contributed by atoms with E-state index < -0.39 is 0 Å². The van der Waals surface area contributed by atoms with Crippen molar-refractivity contribution in [1.82, 2.24) is 0 Å². The molecule has 1 aliphatic carbocycles. The molecule has 2 atom stereocenters. The summed E-state index contributed by atoms with van der Waals surface area (Å²) in [5, 5.41) is 0. The van der Waals surface area contributed by atoms with E-state index in [9.17, 15) is 0 Å². The minimum atomic E-state index is 0.290. The van der Waals surface area contributed by atoms with E-state index in [-0.39, 0.29) is 6.10 Å². The van der Waals surface area contributed by atoms with Gasteiger partial charge in [-0.1, -0.05) is 0 Å². The fourth-order valence-electron chi connectivity index (χ4n) is 2.38. The zero-order chi connectivity index (χ0) is 12.1. The third-order valence-electron chi connectivity index (χ3n) is 3.31. The van der Waals surface area contributed by atoms with E-state index in [4.69, 9.17) is 15.2 Å². The normalized spacial score (nSPS) is 23.6. The lowest BCUT2D eigenvalue weighted by atomic mass is 10.1. The van der Waals surface area contributed by atoms with Crippen molar-refractivity contribution in [2.45, 2.75) is 32.3 Å². The van der Waals surface area contributed by atoms with Crippen molar-refractivity contribution in [2.75, 3.05) is 13.2 Å². The number of nitrogens with two attached hydrogens (primary N) is 1. The monoisotopic (exact) mass is 235 g/mol. The Hall–Kier alpha value is -1.22. The van der Waals surface area contributed by atoms with Crippen molar-refractivity contribution in [1.29, 1.82) is 0 Å². The molecule has 0 radical (unpaired) electrons. The summed E-state index contributed by atoms with van der Waals surface area (Å²) in [6.07, 6.45) is 3.83. The highest BCUT2D eigenvalue weighted by Gasteiger charge is 2.27. The molecular formula is C14H21NO2. The molecule has 1 fully saturated rings. The quantitative estimate of drug-likeness (QED) is 0.853. The molecule has 3 nitrogen and oxygen atoms in total. The van der Waals surface area contributed by atoms with Gasteiger partial charge in [0.05, 0.1) is 6.61 Å². The molecule has 94 valence electrons. The first-order chi connectivity index (χ1) is 8.33. The molecular weight excluding hydrogens is 214 g/mol. The van der Waals surface area contributed by atoms with Gasteiger partial charge in [0.1, 0.15) is 17.6 Å². The maximum absolute atomic E-state index is 5.98. The van der Waals surface area contributed by atoms with Crippen LogP contribution in [-0.4, -0.2) is 19.3 Å². The van der Waals surface area contributed by atoms with Gasteiger partial charge in [-0.15, -0.1) is 0 Å². The van der Waals surface area contributed by atoms with E-state index >= 15 is 0 Å². The minimum Gasteiger partial charge on any atom is -0.494 e. The third kappa shape index (κ3) is 3.13. The second-order valence-corrected chi connectivity index (χ2v) is 4.49. The van der Waals surface area contributed by atoms with E-state index in [1.807, 2.05) is 31.2 Å². The average Bonchev–Trinajstić information content (AvgIpc) is 2.79. The van der Waals surface area contributed by atoms with Crippen molar-refractivity contribution in [3.63, 3.8) is 0 Å². The Kier molecular flexibility index (Phi) is 4.26. The standard InChI is InChI=1S/C14H21NO2/c1-2-16-12-6-8-13(9-7-12)17-14-5-3-4-11(14)10-15/h6-9,11,14H,2-5,10,15H2,1H3. The summed E-state index contributed by atoms with van der Waals surface area (Å²) in [6, 6.07) is 7.84. The van der Waals surface area contributed by atoms with E-state index in [0.29, 0.717) is 12.5 Å². The molecule has 1 aliphatic rings. The lowest BCUT2D eigenvalue weighted by Gasteiger charge is -2.20. The largest absolute Gasteiger partial charge is 0.494 e. The summed E-state index contributed by atoms with van der Waals surface area (Å²) >= 11 is 0. The van der Waals surface area contributed by atoms with Crippen LogP contribution >= 0.6 is 0 Å². The first kappa shape index (κ1) is 12.2. The molecule has 0 bridgehead atoms. The van der Waals surface area contributed by atoms with Crippen LogP contribution in [-0.2, 0) is 0 Å². The molecule has 0 aromatic heterocycles. The van der Waals surface area contributed by atoms with Crippen LogP contribution in [0.4, 0.5) is 0 Å². The van der Waals surface area contributed by atoms with E-state index in [1.165, 1.54) is 12.8 Å². The SMILES string of the molecule is CCOc1ccc(OC2CCCC2CN)cc1. The predicted octanol–water partition coefficient (Wildman–Crippen LogP) is 2.59. The molecule has 0 heterocycles. The Morgan fingerprint density at radius 2 is 1.88 bits per heavy atom. The van der Waals surface area contributed by atoms with Crippen molar-refractivity contribution < 1.29 is 9.47 Å². The Labute approximate surface area is 103 Å². The molecule has 2 unspecified atom stereocenters. The van der Waals surface area contributed by atoms with Gasteiger partial charge in [0.15, 0.2) is 0 Å². The molecule has 0 amide bonds. The van der Waals surface area contributed by atoms with Crippen LogP contribution in [0.2, 0.25) is 0 Å². The third-order valence-corrected chi connectivity index (χ3v) is 3.31. The second-order valence-electron chi connectivity index (χ2n) is 4.49. The first-order valence-corrected chi connectivity index (χ1v) is 6.43. The average molecular weight is 235 g/mol. The maximum atomic E-state index is 5.98. The molecule has 17 heavy (non-hydrogen) atoms. The van der Waals surface area contributed by atoms with Crippen molar-refractivity contribution in [2.24, 2.45) is 11.7 Å². The smallest absolute Gasteiger partial charge is 0.120 e. The Bertz CT molecular complexity index is 337. The Balaban J connectivity index is 1.94. The number of rotatable bonds is 5. The van der Waals surface area contributed by atoms with Crippen molar-refractivity contribution >= 4 is 0 Å². The predicted molar refractivity (Wildman–Crippen MR) is 68.4 cm³/mol. The molecule has 1 saturated carbocycles. The number of ether oxygens (including phenoxy) is 2. The molecule has 0 aliphatic heterocycles. The summed E-state index contributed by atoms with van der Waals surface area (Å²) in [5.74, 6) is 2.32. The Morgan fingerprint density at radius 3 is 2.53 bits per heavy atom. The van der Waals surface area contributed by atoms with Gasteiger partial charge in [-0.2, -0.15) is 0 Å². The van der Waals surface area contributed by atoms with Crippen LogP contribution in [0.1, 0.15) is 26.2 Å². The Morgan fingerprint density at radius 1 is 1.18 bits per heavy atom. The number of hydrogen-bond acceptors (Lipinski definition) is 3. The van der Waals surface area contributed by atoms with Crippen molar-refractivity contribution in [3.05, 3.63) is 24.3 Å². The van der Waals surface area contributed by atoms with Gasteiger partial charge in [-0.05, 0) is 57.0 Å². The van der Waals surface area contributed by atoms with Crippen LogP contribution in [0, 0.1) is 5.92 Å². The van der Waals surface area contributed by atoms with Gasteiger partial charge >= 0.3 is 0 Å². The minimum absolute atomic E-state index is 0.290. The fraction of sp³-hybridized carbons (Fsp3) is 0.571. The van der Waals surface area contributed by atoms with Gasteiger partial charge < -0.3 is 15.2 Å². The van der Waals surface area contributed by atoms with Crippen LogP contribution < -0.4 is 15.2 Å². The summed E-state index contributed by atoms with van der Waals surface area (Å²) in [5.41, 5.74) is 5.74. The van der Waals surface area contributed by atoms with Crippen LogP contribution in [0.15, 0.2) is 24.3 Å². The van der Waals surface area contributed by atoms with E-state index in [2.05, 4.69) is 0 Å².